The van der Waals surface area contributed by atoms with Gasteiger partial charge in [-0.3, -0.25) is 0 Å². The summed E-state index contributed by atoms with van der Waals surface area (Å²) in [4.78, 5) is 0. The highest BCUT2D eigenvalue weighted by Crippen LogP contribution is 2.44. The first-order valence-electron chi connectivity index (χ1n) is 18.4. The largest absolute Gasteiger partial charge is 0.456 e. The van der Waals surface area contributed by atoms with E-state index in [-0.39, 0.29) is 57.7 Å². The quantitative estimate of drug-likeness (QED) is 0.189. The molecule has 1 aromatic heterocycles. The highest BCUT2D eigenvalue weighted by atomic mass is 16.3. The summed E-state index contributed by atoms with van der Waals surface area (Å²) in [7, 11) is 0. The van der Waals surface area contributed by atoms with Crippen LogP contribution in [0.15, 0.2) is 174 Å². The van der Waals surface area contributed by atoms with Crippen LogP contribution in [0.4, 0.5) is 0 Å². The molecule has 0 fully saturated rings. The van der Waals surface area contributed by atoms with Gasteiger partial charge >= 0.3 is 0 Å². The van der Waals surface area contributed by atoms with Crippen LogP contribution in [0.25, 0.3) is 88.0 Å². The summed E-state index contributed by atoms with van der Waals surface area (Å²) in [6.45, 7) is 0. The number of hydrogen-bond donors (Lipinski definition) is 0. The predicted molar refractivity (Wildman–Crippen MR) is 190 cm³/mol. The molecule has 0 aliphatic heterocycles. The van der Waals surface area contributed by atoms with Crippen molar-refractivity contribution in [3.05, 3.63) is 170 Å². The van der Waals surface area contributed by atoms with Crippen LogP contribution in [0.3, 0.4) is 0 Å². The fourth-order valence-electron chi connectivity index (χ4n) is 6.46. The Morgan fingerprint density at radius 3 is 1.36 bits per heavy atom. The van der Waals surface area contributed by atoms with E-state index in [1.807, 2.05) is 54.6 Å². The molecule has 0 amide bonds. The molecule has 1 heterocycles. The summed E-state index contributed by atoms with van der Waals surface area (Å²) >= 11 is 0. The Bertz CT molecular complexity index is 2840. The van der Waals surface area contributed by atoms with Crippen molar-refractivity contribution in [3.8, 4) is 44.5 Å². The van der Waals surface area contributed by atoms with Crippen molar-refractivity contribution < 1.29 is 14.0 Å². The molecule has 1 heteroatoms. The Morgan fingerprint density at radius 1 is 0.333 bits per heavy atom. The van der Waals surface area contributed by atoms with E-state index in [0.29, 0.717) is 5.56 Å². The lowest BCUT2D eigenvalue weighted by Gasteiger charge is -2.18. The van der Waals surface area contributed by atoms with Crippen molar-refractivity contribution in [1.82, 2.24) is 0 Å². The third-order valence-electron chi connectivity index (χ3n) is 8.56. The van der Waals surface area contributed by atoms with Gasteiger partial charge in [-0.1, -0.05) is 152 Å². The van der Waals surface area contributed by atoms with Crippen molar-refractivity contribution >= 4 is 43.5 Å². The summed E-state index contributed by atoms with van der Waals surface area (Å²) in [6.07, 6.45) is 0. The van der Waals surface area contributed by atoms with E-state index < -0.39 is 12.1 Å². The Labute approximate surface area is 271 Å². The van der Waals surface area contributed by atoms with E-state index in [1.165, 1.54) is 5.56 Å². The van der Waals surface area contributed by atoms with Gasteiger partial charge in [-0.2, -0.15) is 0 Å². The van der Waals surface area contributed by atoms with E-state index in [4.69, 9.17) is 12.6 Å². The van der Waals surface area contributed by atoms with Gasteiger partial charge in [0.2, 0.25) is 0 Å². The Kier molecular flexibility index (Phi) is 4.46. The molecule has 0 aliphatic rings. The van der Waals surface area contributed by atoms with Gasteiger partial charge in [0.05, 0.1) is 9.60 Å². The standard InChI is InChI=1S/C44H28O/c1-2-10-29(11-3-1)30-18-22-32(23-19-30)43-36-13-4-6-15-38(36)44(39-16-7-5-14-37(39)43)33-24-20-31(21-25-33)34-26-27-42-40(28-34)35-12-8-9-17-41(35)45-42/h1-28H/i8D,9D,12D,17D,26D,27D,28D. The van der Waals surface area contributed by atoms with Gasteiger partial charge in [0, 0.05) is 10.8 Å². The second-order valence-electron chi connectivity index (χ2n) is 11.1. The van der Waals surface area contributed by atoms with Gasteiger partial charge in [-0.05, 0) is 84.2 Å². The number of para-hydroxylation sites is 1. The molecule has 0 atom stereocenters. The Balaban J connectivity index is 1.21. The normalized spacial score (nSPS) is 13.7. The van der Waals surface area contributed by atoms with E-state index in [2.05, 4.69) is 72.8 Å². The molecule has 45 heavy (non-hydrogen) atoms. The highest BCUT2D eigenvalue weighted by molar-refractivity contribution is 6.21. The SMILES string of the molecule is [2H]c1c([2H])c([2H])c2c(oc3c([2H])c([2H])c(-c4ccc(-c5c6ccccc6c(-c6ccc(-c7ccccc7)cc6)c6ccccc56)cc4)c([2H])c32)c1[2H]. The number of fused-ring (bicyclic) bond motifs is 5. The molecule has 210 valence electrons. The smallest absolute Gasteiger partial charge is 0.135 e. The highest BCUT2D eigenvalue weighted by Gasteiger charge is 2.17. The molecule has 0 aliphatic carbocycles. The van der Waals surface area contributed by atoms with Crippen LogP contribution in [-0.2, 0) is 0 Å². The fourth-order valence-corrected chi connectivity index (χ4v) is 6.46. The first-order valence-corrected chi connectivity index (χ1v) is 14.9. The summed E-state index contributed by atoms with van der Waals surface area (Å²) < 4.78 is 65.8. The number of furan rings is 1. The van der Waals surface area contributed by atoms with Gasteiger partial charge in [-0.25, -0.2) is 0 Å². The summed E-state index contributed by atoms with van der Waals surface area (Å²) in [5, 5.41) is 4.57. The number of rotatable bonds is 4. The lowest BCUT2D eigenvalue weighted by atomic mass is 9.85. The third kappa shape index (κ3) is 4.24. The molecular formula is C44H28O. The first kappa shape index (κ1) is 19.4. The summed E-state index contributed by atoms with van der Waals surface area (Å²) in [6, 6.07) is 41.3. The molecule has 0 bridgehead atoms. The van der Waals surface area contributed by atoms with Crippen molar-refractivity contribution in [3.63, 3.8) is 0 Å². The number of hydrogen-bond acceptors (Lipinski definition) is 1. The van der Waals surface area contributed by atoms with Gasteiger partial charge in [-0.15, -0.1) is 0 Å². The van der Waals surface area contributed by atoms with E-state index in [0.717, 1.165) is 49.4 Å². The second-order valence-corrected chi connectivity index (χ2v) is 11.1. The molecule has 0 radical (unpaired) electrons. The summed E-state index contributed by atoms with van der Waals surface area (Å²) in [5.41, 5.74) is 7.16. The topological polar surface area (TPSA) is 13.1 Å². The Hall–Kier alpha value is -5.92. The molecule has 8 aromatic carbocycles. The second kappa shape index (κ2) is 10.4. The van der Waals surface area contributed by atoms with Crippen molar-refractivity contribution in [1.29, 1.82) is 0 Å². The molecule has 9 rings (SSSR count). The molecule has 0 saturated heterocycles. The van der Waals surface area contributed by atoms with Crippen LogP contribution in [-0.4, -0.2) is 0 Å². The fraction of sp³-hybridized carbons (Fsp3) is 0. The minimum Gasteiger partial charge on any atom is -0.456 e. The molecule has 0 spiro atoms. The van der Waals surface area contributed by atoms with Crippen molar-refractivity contribution in [2.45, 2.75) is 0 Å². The molecule has 1 nitrogen and oxygen atoms in total. The van der Waals surface area contributed by atoms with Crippen molar-refractivity contribution in [2.75, 3.05) is 0 Å². The first-order chi connectivity index (χ1) is 25.2. The van der Waals surface area contributed by atoms with Gasteiger partial charge < -0.3 is 4.42 Å². The van der Waals surface area contributed by atoms with Crippen LogP contribution < -0.4 is 0 Å². The maximum atomic E-state index is 9.19. The predicted octanol–water partition coefficient (Wildman–Crippen LogP) is 12.6. The molecular weight excluding hydrogens is 544 g/mol. The van der Waals surface area contributed by atoms with E-state index in [1.54, 1.807) is 0 Å². The Morgan fingerprint density at radius 2 is 0.778 bits per heavy atom. The number of benzene rings is 8. The minimum absolute atomic E-state index is 0.0464. The maximum Gasteiger partial charge on any atom is 0.135 e. The van der Waals surface area contributed by atoms with Crippen molar-refractivity contribution in [2.24, 2.45) is 0 Å². The average Bonchev–Trinajstić information content (AvgIpc) is 3.60. The molecule has 9 aromatic rings. The van der Waals surface area contributed by atoms with Crippen LogP contribution >= 0.6 is 0 Å². The lowest BCUT2D eigenvalue weighted by Crippen LogP contribution is -1.91. The van der Waals surface area contributed by atoms with E-state index >= 15 is 0 Å². The zero-order valence-electron chi connectivity index (χ0n) is 31.0. The molecule has 0 unspecified atom stereocenters. The summed E-state index contributed by atoms with van der Waals surface area (Å²) in [5.74, 6) is 0. The van der Waals surface area contributed by atoms with E-state index in [9.17, 15) is 1.37 Å². The third-order valence-corrected chi connectivity index (χ3v) is 8.56. The lowest BCUT2D eigenvalue weighted by molar-refractivity contribution is 0.669. The van der Waals surface area contributed by atoms with Crippen LogP contribution in [0, 0.1) is 0 Å². The minimum atomic E-state index is -0.453. The van der Waals surface area contributed by atoms with Crippen LogP contribution in [0.1, 0.15) is 9.60 Å². The molecule has 0 N–H and O–H groups in total. The maximum absolute atomic E-state index is 9.19. The van der Waals surface area contributed by atoms with Crippen LogP contribution in [0.5, 0.6) is 0 Å². The molecule has 0 saturated carbocycles. The monoisotopic (exact) mass is 579 g/mol. The average molecular weight is 580 g/mol. The zero-order valence-corrected chi connectivity index (χ0v) is 24.0. The zero-order chi connectivity index (χ0) is 35.8. The van der Waals surface area contributed by atoms with Crippen LogP contribution in [0.2, 0.25) is 0 Å². The van der Waals surface area contributed by atoms with Gasteiger partial charge in [0.1, 0.15) is 11.2 Å². The van der Waals surface area contributed by atoms with Gasteiger partial charge in [0.15, 0.2) is 0 Å². The van der Waals surface area contributed by atoms with Gasteiger partial charge in [0.25, 0.3) is 0 Å².